The SMILES string of the molecule is CCn1ncc(OC)c1C(=O)c1ccc2ccccc2n1. The van der Waals surface area contributed by atoms with Gasteiger partial charge in [0.25, 0.3) is 0 Å². The maximum absolute atomic E-state index is 12.7. The average molecular weight is 281 g/mol. The third-order valence-corrected chi connectivity index (χ3v) is 3.37. The van der Waals surface area contributed by atoms with Crippen LogP contribution < -0.4 is 4.74 Å². The Morgan fingerprint density at radius 3 is 2.81 bits per heavy atom. The van der Waals surface area contributed by atoms with Crippen LogP contribution in [0.5, 0.6) is 5.75 Å². The molecule has 1 aromatic carbocycles. The monoisotopic (exact) mass is 281 g/mol. The molecule has 0 N–H and O–H groups in total. The third-order valence-electron chi connectivity index (χ3n) is 3.37. The van der Waals surface area contributed by atoms with Crippen LogP contribution in [0.1, 0.15) is 23.1 Å². The molecule has 0 bridgehead atoms. The number of ether oxygens (including phenoxy) is 1. The summed E-state index contributed by atoms with van der Waals surface area (Å²) in [5.41, 5.74) is 1.62. The van der Waals surface area contributed by atoms with E-state index in [1.165, 1.54) is 7.11 Å². The molecule has 0 fully saturated rings. The van der Waals surface area contributed by atoms with Crippen LogP contribution in [0.25, 0.3) is 10.9 Å². The molecule has 3 aromatic rings. The van der Waals surface area contributed by atoms with Gasteiger partial charge < -0.3 is 4.74 Å². The Hall–Kier alpha value is -2.69. The molecule has 0 spiro atoms. The number of hydrogen-bond donors (Lipinski definition) is 0. The van der Waals surface area contributed by atoms with Crippen LogP contribution in [0, 0.1) is 0 Å². The number of fused-ring (bicyclic) bond motifs is 1. The molecule has 21 heavy (non-hydrogen) atoms. The molecule has 0 saturated carbocycles. The summed E-state index contributed by atoms with van der Waals surface area (Å²) in [6, 6.07) is 11.3. The van der Waals surface area contributed by atoms with Crippen molar-refractivity contribution in [3.05, 3.63) is 54.0 Å². The molecule has 0 amide bonds. The van der Waals surface area contributed by atoms with Gasteiger partial charge in [-0.3, -0.25) is 9.48 Å². The summed E-state index contributed by atoms with van der Waals surface area (Å²) in [5, 5.41) is 5.16. The van der Waals surface area contributed by atoms with E-state index in [-0.39, 0.29) is 5.78 Å². The number of rotatable bonds is 4. The van der Waals surface area contributed by atoms with Crippen molar-refractivity contribution in [2.24, 2.45) is 0 Å². The van der Waals surface area contributed by atoms with Gasteiger partial charge in [0.15, 0.2) is 11.4 Å². The van der Waals surface area contributed by atoms with E-state index in [1.807, 2.05) is 37.3 Å². The fourth-order valence-corrected chi connectivity index (χ4v) is 2.30. The van der Waals surface area contributed by atoms with E-state index in [1.54, 1.807) is 16.9 Å². The highest BCUT2D eigenvalue weighted by Gasteiger charge is 2.21. The highest BCUT2D eigenvalue weighted by atomic mass is 16.5. The minimum atomic E-state index is -0.183. The van der Waals surface area contributed by atoms with Crippen LogP contribution in [0.15, 0.2) is 42.6 Å². The summed E-state index contributed by atoms with van der Waals surface area (Å²) >= 11 is 0. The molecule has 0 radical (unpaired) electrons. The van der Waals surface area contributed by atoms with Crippen molar-refractivity contribution in [1.29, 1.82) is 0 Å². The first kappa shape index (κ1) is 13.3. The normalized spacial score (nSPS) is 10.8. The van der Waals surface area contributed by atoms with Crippen molar-refractivity contribution in [3.63, 3.8) is 0 Å². The number of hydrogen-bond acceptors (Lipinski definition) is 4. The zero-order valence-corrected chi connectivity index (χ0v) is 11.9. The number of carbonyl (C=O) groups excluding carboxylic acids is 1. The van der Waals surface area contributed by atoms with Gasteiger partial charge in [0.05, 0.1) is 18.8 Å². The van der Waals surface area contributed by atoms with E-state index in [4.69, 9.17) is 4.74 Å². The lowest BCUT2D eigenvalue weighted by Gasteiger charge is -2.06. The van der Waals surface area contributed by atoms with E-state index in [2.05, 4.69) is 10.1 Å². The molecule has 0 atom stereocenters. The summed E-state index contributed by atoms with van der Waals surface area (Å²) in [7, 11) is 1.53. The van der Waals surface area contributed by atoms with Crippen molar-refractivity contribution in [2.75, 3.05) is 7.11 Å². The fourth-order valence-electron chi connectivity index (χ4n) is 2.30. The predicted octanol–water partition coefficient (Wildman–Crippen LogP) is 2.69. The second-order valence-corrected chi connectivity index (χ2v) is 4.60. The van der Waals surface area contributed by atoms with Crippen molar-refractivity contribution in [3.8, 4) is 5.75 Å². The van der Waals surface area contributed by atoms with Crippen molar-refractivity contribution < 1.29 is 9.53 Å². The number of methoxy groups -OCH3 is 1. The highest BCUT2D eigenvalue weighted by Crippen LogP contribution is 2.22. The molecule has 2 aromatic heterocycles. The predicted molar refractivity (Wildman–Crippen MR) is 79.6 cm³/mol. The fraction of sp³-hybridized carbons (Fsp3) is 0.188. The van der Waals surface area contributed by atoms with E-state index < -0.39 is 0 Å². The summed E-state index contributed by atoms with van der Waals surface area (Å²) in [4.78, 5) is 17.1. The Kier molecular flexibility index (Phi) is 3.39. The molecule has 0 aliphatic rings. The zero-order chi connectivity index (χ0) is 14.8. The van der Waals surface area contributed by atoms with E-state index in [0.717, 1.165) is 10.9 Å². The Bertz CT molecular complexity index is 787. The van der Waals surface area contributed by atoms with Crippen LogP contribution in [0.2, 0.25) is 0 Å². The van der Waals surface area contributed by atoms with Crippen LogP contribution >= 0.6 is 0 Å². The Morgan fingerprint density at radius 1 is 1.24 bits per heavy atom. The number of aryl methyl sites for hydroxylation is 1. The summed E-state index contributed by atoms with van der Waals surface area (Å²) in [6.07, 6.45) is 1.55. The number of benzene rings is 1. The van der Waals surface area contributed by atoms with Gasteiger partial charge in [-0.1, -0.05) is 24.3 Å². The van der Waals surface area contributed by atoms with Gasteiger partial charge in [-0.25, -0.2) is 4.98 Å². The van der Waals surface area contributed by atoms with Gasteiger partial charge in [-0.15, -0.1) is 0 Å². The number of carbonyl (C=O) groups is 1. The number of nitrogens with zero attached hydrogens (tertiary/aromatic N) is 3. The molecule has 0 unspecified atom stereocenters. The molecule has 2 heterocycles. The van der Waals surface area contributed by atoms with Crippen LogP contribution in [0.4, 0.5) is 0 Å². The van der Waals surface area contributed by atoms with Gasteiger partial charge >= 0.3 is 0 Å². The molecule has 5 heteroatoms. The minimum Gasteiger partial charge on any atom is -0.493 e. The quantitative estimate of drug-likeness (QED) is 0.690. The topological polar surface area (TPSA) is 57.0 Å². The molecule has 3 rings (SSSR count). The van der Waals surface area contributed by atoms with Crippen LogP contribution in [-0.4, -0.2) is 27.7 Å². The lowest BCUT2D eigenvalue weighted by atomic mass is 10.1. The maximum atomic E-state index is 12.7. The first-order valence-electron chi connectivity index (χ1n) is 6.75. The average Bonchev–Trinajstić information content (AvgIpc) is 2.96. The summed E-state index contributed by atoms with van der Waals surface area (Å²) in [5.74, 6) is 0.286. The standard InChI is InChI=1S/C16H15N3O2/c1-3-19-15(14(21-2)10-17-19)16(20)13-9-8-11-6-4-5-7-12(11)18-13/h4-10H,3H2,1-2H3. The molecule has 0 aliphatic heterocycles. The lowest BCUT2D eigenvalue weighted by Crippen LogP contribution is -2.13. The number of ketones is 1. The molecule has 0 saturated heterocycles. The van der Waals surface area contributed by atoms with Gasteiger partial charge in [-0.05, 0) is 19.1 Å². The minimum absolute atomic E-state index is 0.183. The molecule has 5 nitrogen and oxygen atoms in total. The van der Waals surface area contributed by atoms with Crippen molar-refractivity contribution in [2.45, 2.75) is 13.5 Å². The van der Waals surface area contributed by atoms with Gasteiger partial charge in [0, 0.05) is 11.9 Å². The first-order valence-corrected chi connectivity index (χ1v) is 6.75. The Labute approximate surface area is 122 Å². The smallest absolute Gasteiger partial charge is 0.233 e. The number of pyridine rings is 1. The van der Waals surface area contributed by atoms with Gasteiger partial charge in [0.2, 0.25) is 5.78 Å². The second-order valence-electron chi connectivity index (χ2n) is 4.60. The Balaban J connectivity index is 2.10. The lowest BCUT2D eigenvalue weighted by molar-refractivity contribution is 0.102. The zero-order valence-electron chi connectivity index (χ0n) is 11.9. The van der Waals surface area contributed by atoms with E-state index in [0.29, 0.717) is 23.7 Å². The largest absolute Gasteiger partial charge is 0.493 e. The highest BCUT2D eigenvalue weighted by molar-refractivity contribution is 6.09. The second kappa shape index (κ2) is 5.36. The van der Waals surface area contributed by atoms with Crippen LogP contribution in [0.3, 0.4) is 0 Å². The Morgan fingerprint density at radius 2 is 2.05 bits per heavy atom. The third kappa shape index (κ3) is 2.27. The number of para-hydroxylation sites is 1. The van der Waals surface area contributed by atoms with E-state index >= 15 is 0 Å². The molecular formula is C16H15N3O2. The molecule has 0 aliphatic carbocycles. The van der Waals surface area contributed by atoms with Crippen molar-refractivity contribution >= 4 is 16.7 Å². The first-order chi connectivity index (χ1) is 10.2. The summed E-state index contributed by atoms with van der Waals surface area (Å²) in [6.45, 7) is 2.52. The maximum Gasteiger partial charge on any atom is 0.233 e. The molecule has 106 valence electrons. The summed E-state index contributed by atoms with van der Waals surface area (Å²) < 4.78 is 6.85. The number of aromatic nitrogens is 3. The molecular weight excluding hydrogens is 266 g/mol. The van der Waals surface area contributed by atoms with Crippen molar-refractivity contribution in [1.82, 2.24) is 14.8 Å². The van der Waals surface area contributed by atoms with Gasteiger partial charge in [-0.2, -0.15) is 5.10 Å². The van der Waals surface area contributed by atoms with Crippen LogP contribution in [-0.2, 0) is 6.54 Å². The van der Waals surface area contributed by atoms with E-state index in [9.17, 15) is 4.79 Å². The van der Waals surface area contributed by atoms with Gasteiger partial charge in [0.1, 0.15) is 5.69 Å².